The van der Waals surface area contributed by atoms with Crippen molar-refractivity contribution in [1.82, 2.24) is 9.47 Å². The van der Waals surface area contributed by atoms with Crippen LogP contribution in [0.4, 0.5) is 18.9 Å². The van der Waals surface area contributed by atoms with Gasteiger partial charge in [-0.25, -0.2) is 18.0 Å². The number of benzene rings is 1. The first-order valence-corrected chi connectivity index (χ1v) is 9.14. The number of carbonyl (C=O) groups is 1. The van der Waals surface area contributed by atoms with Gasteiger partial charge in [0.25, 0.3) is 0 Å². The van der Waals surface area contributed by atoms with Crippen LogP contribution in [-0.4, -0.2) is 59.4 Å². The summed E-state index contributed by atoms with van der Waals surface area (Å²) in [5.41, 5.74) is -2.14. The Balaban J connectivity index is 1.92. The number of likely N-dealkylation sites (N-methyl/N-ethyl adjacent to an activating group) is 1. The SMILES string of the molecule is CN1[C@@H]2CC[C@H]1CN(c1c(F)cc3c(=O)c(C(=O)O)cn(CCF)c3c1F)C2. The van der Waals surface area contributed by atoms with Gasteiger partial charge in [0.05, 0.1) is 17.4 Å². The van der Waals surface area contributed by atoms with Crippen LogP contribution in [0.3, 0.4) is 0 Å². The number of rotatable bonds is 4. The van der Waals surface area contributed by atoms with Crippen LogP contribution in [0.5, 0.6) is 0 Å². The normalized spacial score (nSPS) is 22.2. The van der Waals surface area contributed by atoms with Gasteiger partial charge in [-0.3, -0.25) is 9.69 Å². The van der Waals surface area contributed by atoms with Gasteiger partial charge in [0.2, 0.25) is 5.43 Å². The second-order valence-electron chi connectivity index (χ2n) is 7.43. The smallest absolute Gasteiger partial charge is 0.341 e. The van der Waals surface area contributed by atoms with E-state index >= 15 is 4.39 Å². The van der Waals surface area contributed by atoms with Crippen molar-refractivity contribution in [3.8, 4) is 0 Å². The van der Waals surface area contributed by atoms with E-state index in [0.29, 0.717) is 13.1 Å². The van der Waals surface area contributed by atoms with Crippen molar-refractivity contribution in [1.29, 1.82) is 0 Å². The van der Waals surface area contributed by atoms with Crippen LogP contribution >= 0.6 is 0 Å². The fourth-order valence-electron chi connectivity index (χ4n) is 4.48. The lowest BCUT2D eigenvalue weighted by Crippen LogP contribution is -2.52. The molecule has 0 saturated carbocycles. The summed E-state index contributed by atoms with van der Waals surface area (Å²) in [6.45, 7) is -0.325. The first-order chi connectivity index (χ1) is 13.3. The lowest BCUT2D eigenvalue weighted by atomic mass is 10.1. The molecular weight excluding hydrogens is 375 g/mol. The minimum absolute atomic E-state index is 0.190. The Hall–Kier alpha value is -2.55. The molecule has 0 unspecified atom stereocenters. The van der Waals surface area contributed by atoms with Crippen LogP contribution in [0.25, 0.3) is 10.9 Å². The number of nitrogens with zero attached hydrogens (tertiary/aromatic N) is 3. The summed E-state index contributed by atoms with van der Waals surface area (Å²) in [4.78, 5) is 27.6. The predicted molar refractivity (Wildman–Crippen MR) is 97.8 cm³/mol. The van der Waals surface area contributed by atoms with Crippen LogP contribution in [0.1, 0.15) is 23.2 Å². The highest BCUT2D eigenvalue weighted by molar-refractivity contribution is 5.93. The van der Waals surface area contributed by atoms with Crippen molar-refractivity contribution in [2.75, 3.05) is 31.7 Å². The number of hydrogen-bond acceptors (Lipinski definition) is 4. The van der Waals surface area contributed by atoms with Crippen LogP contribution in [0.2, 0.25) is 0 Å². The van der Waals surface area contributed by atoms with Gasteiger partial charge in [-0.05, 0) is 26.0 Å². The van der Waals surface area contributed by atoms with Crippen molar-refractivity contribution in [3.63, 3.8) is 0 Å². The summed E-state index contributed by atoms with van der Waals surface area (Å²) in [5.74, 6) is -3.40. The van der Waals surface area contributed by atoms with E-state index < -0.39 is 40.7 Å². The first kappa shape index (κ1) is 18.8. The molecule has 3 heterocycles. The average Bonchev–Trinajstić information content (AvgIpc) is 2.85. The molecule has 2 aliphatic heterocycles. The highest BCUT2D eigenvalue weighted by Crippen LogP contribution is 2.36. The van der Waals surface area contributed by atoms with E-state index in [4.69, 9.17) is 0 Å². The van der Waals surface area contributed by atoms with Crippen molar-refractivity contribution in [3.05, 3.63) is 39.7 Å². The lowest BCUT2D eigenvalue weighted by Gasteiger charge is -2.40. The molecule has 2 aromatic rings. The molecule has 1 aromatic carbocycles. The summed E-state index contributed by atoms with van der Waals surface area (Å²) in [7, 11) is 2.00. The Labute approximate surface area is 158 Å². The minimum Gasteiger partial charge on any atom is -0.477 e. The molecule has 2 bridgehead atoms. The van der Waals surface area contributed by atoms with E-state index in [1.807, 2.05) is 7.05 Å². The number of anilines is 1. The molecule has 6 nitrogen and oxygen atoms in total. The standard InChI is InChI=1S/C19H20F3N3O3/c1-23-10-2-3-11(23)8-25(7-10)17-14(21)6-12-16(15(17)22)24(5-4-20)9-13(18(12)26)19(27)28/h6,9-11H,2-5,7-8H2,1H3,(H,27,28)/t10-,11+. The molecule has 28 heavy (non-hydrogen) atoms. The van der Waals surface area contributed by atoms with E-state index in [2.05, 4.69) is 4.90 Å². The Morgan fingerprint density at radius 2 is 1.89 bits per heavy atom. The first-order valence-electron chi connectivity index (χ1n) is 9.14. The second-order valence-corrected chi connectivity index (χ2v) is 7.43. The molecule has 1 aromatic heterocycles. The van der Waals surface area contributed by atoms with Crippen molar-refractivity contribution in [2.24, 2.45) is 0 Å². The quantitative estimate of drug-likeness (QED) is 0.860. The molecule has 2 aliphatic rings. The highest BCUT2D eigenvalue weighted by Gasteiger charge is 2.39. The Morgan fingerprint density at radius 1 is 1.25 bits per heavy atom. The number of halogens is 3. The number of carboxylic acid groups (broad SMARTS) is 1. The fraction of sp³-hybridized carbons (Fsp3) is 0.474. The van der Waals surface area contributed by atoms with E-state index in [0.717, 1.165) is 29.7 Å². The van der Waals surface area contributed by atoms with Crippen LogP contribution in [-0.2, 0) is 6.54 Å². The minimum atomic E-state index is -1.53. The largest absolute Gasteiger partial charge is 0.477 e. The van der Waals surface area contributed by atoms with E-state index in [9.17, 15) is 23.5 Å². The molecule has 9 heteroatoms. The number of aromatic nitrogens is 1. The summed E-state index contributed by atoms with van der Waals surface area (Å²) >= 11 is 0. The Morgan fingerprint density at radius 3 is 2.46 bits per heavy atom. The van der Waals surface area contributed by atoms with Gasteiger partial charge in [0.15, 0.2) is 5.82 Å². The van der Waals surface area contributed by atoms with Gasteiger partial charge in [-0.15, -0.1) is 0 Å². The topological polar surface area (TPSA) is 65.8 Å². The molecular formula is C19H20F3N3O3. The Bertz CT molecular complexity index is 1010. The maximum Gasteiger partial charge on any atom is 0.341 e. The van der Waals surface area contributed by atoms with E-state index in [1.54, 1.807) is 4.90 Å². The van der Waals surface area contributed by atoms with Gasteiger partial charge >= 0.3 is 5.97 Å². The second kappa shape index (κ2) is 6.80. The summed E-state index contributed by atoms with van der Waals surface area (Å²) in [6, 6.07) is 1.25. The van der Waals surface area contributed by atoms with Gasteiger partial charge in [0, 0.05) is 31.4 Å². The number of piperazine rings is 1. The third-order valence-corrected chi connectivity index (χ3v) is 5.95. The molecule has 0 amide bonds. The maximum absolute atomic E-state index is 15.5. The number of hydrogen-bond donors (Lipinski definition) is 1. The van der Waals surface area contributed by atoms with Crippen LogP contribution in [0.15, 0.2) is 17.1 Å². The number of aromatic carboxylic acids is 1. The van der Waals surface area contributed by atoms with Crippen molar-refractivity contribution in [2.45, 2.75) is 31.5 Å². The zero-order valence-corrected chi connectivity index (χ0v) is 15.3. The van der Waals surface area contributed by atoms with Gasteiger partial charge in [0.1, 0.15) is 23.7 Å². The zero-order chi connectivity index (χ0) is 20.2. The van der Waals surface area contributed by atoms with Gasteiger partial charge in [-0.1, -0.05) is 0 Å². The molecule has 0 radical (unpaired) electrons. The van der Waals surface area contributed by atoms with E-state index in [-0.39, 0.29) is 29.8 Å². The van der Waals surface area contributed by atoms with Gasteiger partial charge < -0.3 is 14.6 Å². The third kappa shape index (κ3) is 2.76. The zero-order valence-electron chi connectivity index (χ0n) is 15.3. The van der Waals surface area contributed by atoms with Crippen molar-refractivity contribution >= 4 is 22.6 Å². The molecule has 150 valence electrons. The van der Waals surface area contributed by atoms with Crippen LogP contribution in [0, 0.1) is 11.6 Å². The maximum atomic E-state index is 15.5. The average molecular weight is 395 g/mol. The number of carboxylic acids is 1. The molecule has 2 atom stereocenters. The number of pyridine rings is 1. The van der Waals surface area contributed by atoms with Crippen molar-refractivity contribution < 1.29 is 23.1 Å². The molecule has 1 N–H and O–H groups in total. The van der Waals surface area contributed by atoms with E-state index in [1.165, 1.54) is 0 Å². The number of fused-ring (bicyclic) bond motifs is 3. The summed E-state index contributed by atoms with van der Waals surface area (Å²) in [6.07, 6.45) is 2.82. The molecule has 0 aliphatic carbocycles. The summed E-state index contributed by atoms with van der Waals surface area (Å²) in [5, 5.41) is 8.80. The molecule has 4 rings (SSSR count). The van der Waals surface area contributed by atoms with Crippen LogP contribution < -0.4 is 10.3 Å². The lowest BCUT2D eigenvalue weighted by molar-refractivity contribution is 0.0694. The Kier molecular flexibility index (Phi) is 4.57. The molecule has 2 saturated heterocycles. The summed E-state index contributed by atoms with van der Waals surface area (Å²) < 4.78 is 44.4. The predicted octanol–water partition coefficient (Wildman–Crippen LogP) is 2.23. The third-order valence-electron chi connectivity index (χ3n) is 5.95. The monoisotopic (exact) mass is 395 g/mol. The molecule has 0 spiro atoms. The number of aryl methyl sites for hydroxylation is 1. The number of alkyl halides is 1. The highest BCUT2D eigenvalue weighted by atomic mass is 19.1. The van der Waals surface area contributed by atoms with Gasteiger partial charge in [-0.2, -0.15) is 0 Å². The molecule has 2 fully saturated rings. The fourth-order valence-corrected chi connectivity index (χ4v) is 4.48.